The van der Waals surface area contributed by atoms with Gasteiger partial charge < -0.3 is 14.3 Å². The quantitative estimate of drug-likeness (QED) is 0.663. The summed E-state index contributed by atoms with van der Waals surface area (Å²) in [5.41, 5.74) is 2.85. The summed E-state index contributed by atoms with van der Waals surface area (Å²) in [6.07, 6.45) is 1.68. The normalized spacial score (nSPS) is 16.3. The zero-order chi connectivity index (χ0) is 20.0. The van der Waals surface area contributed by atoms with Crippen molar-refractivity contribution in [2.75, 3.05) is 19.0 Å². The molecule has 0 bridgehead atoms. The Kier molecular flexibility index (Phi) is 4.29. The number of aryl methyl sites for hydroxylation is 2. The van der Waals surface area contributed by atoms with Crippen LogP contribution in [-0.4, -0.2) is 44.6 Å². The van der Waals surface area contributed by atoms with Crippen molar-refractivity contribution >= 4 is 22.6 Å². The lowest BCUT2D eigenvalue weighted by molar-refractivity contribution is 0.0706. The molecule has 3 aromatic rings. The summed E-state index contributed by atoms with van der Waals surface area (Å²) >= 11 is 0. The van der Waals surface area contributed by atoms with Crippen LogP contribution in [0.4, 0.5) is 5.69 Å². The Morgan fingerprint density at radius 2 is 1.89 bits per heavy atom. The number of hydrogen-bond donors (Lipinski definition) is 0. The first-order valence-electron chi connectivity index (χ1n) is 8.98. The van der Waals surface area contributed by atoms with Gasteiger partial charge in [0.2, 0.25) is 0 Å². The third-order valence-corrected chi connectivity index (χ3v) is 5.04. The van der Waals surface area contributed by atoms with E-state index in [1.165, 1.54) is 15.5 Å². The highest BCUT2D eigenvalue weighted by molar-refractivity contribution is 6.01. The molecule has 28 heavy (non-hydrogen) atoms. The monoisotopic (exact) mass is 382 g/mol. The molecule has 9 nitrogen and oxygen atoms in total. The van der Waals surface area contributed by atoms with Gasteiger partial charge in [0.1, 0.15) is 0 Å². The van der Waals surface area contributed by atoms with E-state index in [2.05, 4.69) is 10.1 Å². The molecular formula is C19H22N6O3. The van der Waals surface area contributed by atoms with Crippen LogP contribution in [0.25, 0.3) is 11.2 Å². The van der Waals surface area contributed by atoms with E-state index < -0.39 is 5.69 Å². The van der Waals surface area contributed by atoms with Gasteiger partial charge >= 0.3 is 5.69 Å². The summed E-state index contributed by atoms with van der Waals surface area (Å²) in [7, 11) is 7.31. The molecule has 4 rings (SSSR count). The fourth-order valence-corrected chi connectivity index (χ4v) is 3.41. The van der Waals surface area contributed by atoms with E-state index in [0.29, 0.717) is 17.6 Å². The van der Waals surface area contributed by atoms with E-state index in [1.807, 2.05) is 43.3 Å². The Morgan fingerprint density at radius 1 is 1.18 bits per heavy atom. The van der Waals surface area contributed by atoms with E-state index in [1.54, 1.807) is 18.7 Å². The molecule has 0 spiro atoms. The maximum Gasteiger partial charge on any atom is 0.332 e. The fourth-order valence-electron chi connectivity index (χ4n) is 3.41. The van der Waals surface area contributed by atoms with Crippen LogP contribution in [0.2, 0.25) is 0 Å². The highest BCUT2D eigenvalue weighted by atomic mass is 16.6. The lowest BCUT2D eigenvalue weighted by atomic mass is 10.0. The first-order valence-corrected chi connectivity index (χ1v) is 8.98. The molecule has 0 N–H and O–H groups in total. The highest BCUT2D eigenvalue weighted by Gasteiger charge is 2.25. The van der Waals surface area contributed by atoms with Crippen LogP contribution in [0, 0.1) is 0 Å². The van der Waals surface area contributed by atoms with Crippen molar-refractivity contribution in [2.45, 2.75) is 19.1 Å². The van der Waals surface area contributed by atoms with Crippen molar-refractivity contribution in [3.05, 3.63) is 57.0 Å². The number of rotatable bonds is 4. The zero-order valence-corrected chi connectivity index (χ0v) is 16.3. The van der Waals surface area contributed by atoms with Crippen molar-refractivity contribution in [1.82, 2.24) is 18.7 Å². The molecular weight excluding hydrogens is 360 g/mol. The van der Waals surface area contributed by atoms with E-state index >= 15 is 0 Å². The lowest BCUT2D eigenvalue weighted by Gasteiger charge is -2.13. The molecule has 0 radical (unpaired) electrons. The second-order valence-electron chi connectivity index (χ2n) is 7.20. The van der Waals surface area contributed by atoms with Crippen LogP contribution in [0.15, 0.2) is 45.3 Å². The van der Waals surface area contributed by atoms with Crippen molar-refractivity contribution in [3.8, 4) is 0 Å². The molecule has 1 aliphatic heterocycles. The molecule has 0 saturated carbocycles. The van der Waals surface area contributed by atoms with Crippen molar-refractivity contribution in [3.63, 3.8) is 0 Å². The van der Waals surface area contributed by atoms with Gasteiger partial charge in [0.15, 0.2) is 17.3 Å². The average molecular weight is 382 g/mol. The Bertz CT molecular complexity index is 1180. The third-order valence-electron chi connectivity index (χ3n) is 5.04. The van der Waals surface area contributed by atoms with Gasteiger partial charge in [-0.15, -0.1) is 0 Å². The largest absolute Gasteiger partial charge is 0.390 e. The number of benzene rings is 1. The second kappa shape index (κ2) is 6.66. The lowest BCUT2D eigenvalue weighted by Crippen LogP contribution is -2.42. The summed E-state index contributed by atoms with van der Waals surface area (Å²) in [4.78, 5) is 37.1. The van der Waals surface area contributed by atoms with Gasteiger partial charge in [-0.3, -0.25) is 13.9 Å². The molecule has 3 heterocycles. The van der Waals surface area contributed by atoms with Gasteiger partial charge in [-0.05, 0) is 17.7 Å². The summed E-state index contributed by atoms with van der Waals surface area (Å²) in [5.74, 6) is 0. The minimum atomic E-state index is -0.413. The number of imidazole rings is 1. The van der Waals surface area contributed by atoms with Crippen molar-refractivity contribution < 1.29 is 4.84 Å². The van der Waals surface area contributed by atoms with E-state index in [4.69, 9.17) is 4.84 Å². The number of anilines is 1. The maximum absolute atomic E-state index is 12.8. The molecule has 0 amide bonds. The predicted octanol–water partition coefficient (Wildman–Crippen LogP) is 0.693. The standard InChI is InChI=1S/C19H22N6O3/c1-22(2)13-7-5-12(6-8-13)15-9-14(28-21-15)10-25-18(26)16-17(20-11-23(16)3)24(4)19(25)27/h5-8,11,14H,9-10H2,1-4H3/t14-/m1/s1. The number of aromatic nitrogens is 4. The van der Waals surface area contributed by atoms with Gasteiger partial charge in [-0.25, -0.2) is 9.78 Å². The first-order chi connectivity index (χ1) is 13.4. The van der Waals surface area contributed by atoms with E-state index in [9.17, 15) is 9.59 Å². The number of oxime groups is 1. The summed E-state index contributed by atoms with van der Waals surface area (Å²) in [5, 5.41) is 4.17. The van der Waals surface area contributed by atoms with Gasteiger partial charge in [-0.2, -0.15) is 0 Å². The van der Waals surface area contributed by atoms with Gasteiger partial charge in [0, 0.05) is 40.3 Å². The minimum Gasteiger partial charge on any atom is -0.390 e. The first kappa shape index (κ1) is 18.0. The zero-order valence-electron chi connectivity index (χ0n) is 16.3. The van der Waals surface area contributed by atoms with Crippen LogP contribution < -0.4 is 16.1 Å². The van der Waals surface area contributed by atoms with Crippen LogP contribution in [-0.2, 0) is 25.5 Å². The Labute approximate surface area is 161 Å². The minimum absolute atomic E-state index is 0.134. The predicted molar refractivity (Wildman–Crippen MR) is 107 cm³/mol. The summed E-state index contributed by atoms with van der Waals surface area (Å²) < 4.78 is 4.20. The molecule has 0 aliphatic carbocycles. The molecule has 146 valence electrons. The van der Waals surface area contributed by atoms with Crippen molar-refractivity contribution in [2.24, 2.45) is 19.3 Å². The summed E-state index contributed by atoms with van der Waals surface area (Å²) in [6.45, 7) is 0.134. The van der Waals surface area contributed by atoms with Gasteiger partial charge in [0.05, 0.1) is 18.6 Å². The highest BCUT2D eigenvalue weighted by Crippen LogP contribution is 2.20. The fraction of sp³-hybridized carbons (Fsp3) is 0.368. The Hall–Kier alpha value is -3.36. The molecule has 1 atom stereocenters. The number of nitrogens with zero attached hydrogens (tertiary/aromatic N) is 6. The molecule has 0 saturated heterocycles. The van der Waals surface area contributed by atoms with Crippen molar-refractivity contribution in [1.29, 1.82) is 0 Å². The molecule has 1 aliphatic rings. The Morgan fingerprint density at radius 3 is 2.57 bits per heavy atom. The topological polar surface area (TPSA) is 86.7 Å². The molecule has 9 heteroatoms. The van der Waals surface area contributed by atoms with Crippen LogP contribution >= 0.6 is 0 Å². The van der Waals surface area contributed by atoms with Crippen LogP contribution in [0.5, 0.6) is 0 Å². The van der Waals surface area contributed by atoms with E-state index in [-0.39, 0.29) is 18.2 Å². The third kappa shape index (κ3) is 2.88. The molecule has 2 aromatic heterocycles. The SMILES string of the molecule is CN(C)c1ccc(C2=NO[C@@H](Cn3c(=O)c4c(ncn4C)n(C)c3=O)C2)cc1. The Balaban J connectivity index is 1.58. The average Bonchev–Trinajstić information content (AvgIpc) is 3.30. The molecule has 1 aromatic carbocycles. The summed E-state index contributed by atoms with van der Waals surface area (Å²) in [6, 6.07) is 8.02. The van der Waals surface area contributed by atoms with Crippen LogP contribution in [0.1, 0.15) is 12.0 Å². The molecule has 0 fully saturated rings. The second-order valence-corrected chi connectivity index (χ2v) is 7.20. The maximum atomic E-state index is 12.8. The van der Waals surface area contributed by atoms with E-state index in [0.717, 1.165) is 17.0 Å². The number of fused-ring (bicyclic) bond motifs is 1. The molecule has 0 unspecified atom stereocenters. The smallest absolute Gasteiger partial charge is 0.332 e. The van der Waals surface area contributed by atoms with Crippen LogP contribution in [0.3, 0.4) is 0 Å². The van der Waals surface area contributed by atoms with Gasteiger partial charge in [0.25, 0.3) is 5.56 Å². The number of hydrogen-bond acceptors (Lipinski definition) is 6. The van der Waals surface area contributed by atoms with Gasteiger partial charge in [-0.1, -0.05) is 17.3 Å².